The summed E-state index contributed by atoms with van der Waals surface area (Å²) in [5.41, 5.74) is 4.22. The molecule has 59 heavy (non-hydrogen) atoms. The summed E-state index contributed by atoms with van der Waals surface area (Å²) in [6.45, 7) is 5.34. The van der Waals surface area contributed by atoms with Crippen molar-refractivity contribution in [1.29, 1.82) is 0 Å². The van der Waals surface area contributed by atoms with Gasteiger partial charge in [0.25, 0.3) is 0 Å². The van der Waals surface area contributed by atoms with Crippen LogP contribution in [0.1, 0.15) is 60.5 Å². The lowest BCUT2D eigenvalue weighted by Gasteiger charge is -2.37. The van der Waals surface area contributed by atoms with Gasteiger partial charge in [-0.2, -0.15) is 5.01 Å². The molecule has 306 valence electrons. The molecule has 0 bridgehead atoms. The molecule has 6 rings (SSSR count). The predicted molar refractivity (Wildman–Crippen MR) is 231 cm³/mol. The van der Waals surface area contributed by atoms with Gasteiger partial charge in [0.2, 0.25) is 0 Å². The molecule has 0 aliphatic heterocycles. The summed E-state index contributed by atoms with van der Waals surface area (Å²) in [4.78, 5) is 49.0. The smallest absolute Gasteiger partial charge is 0.340 e. The molecule has 0 aliphatic rings. The summed E-state index contributed by atoms with van der Waals surface area (Å²) >= 11 is 5.69. The number of fused-ring (bicyclic) bond motifs is 2. The summed E-state index contributed by atoms with van der Waals surface area (Å²) in [6.07, 6.45) is 0.747. The highest BCUT2D eigenvalue weighted by Crippen LogP contribution is 2.39. The van der Waals surface area contributed by atoms with E-state index in [1.54, 1.807) is 48.5 Å². The Labute approximate surface area is 347 Å². The molecule has 0 atom stereocenters. The first-order valence-electron chi connectivity index (χ1n) is 18.9. The Bertz CT molecular complexity index is 2320. The van der Waals surface area contributed by atoms with E-state index in [0.717, 1.165) is 29.1 Å². The number of alkyl halides is 1. The number of carbonyl (C=O) groups is 3. The predicted octanol–water partition coefficient (Wildman–Crippen LogP) is 8.86. The highest BCUT2D eigenvalue weighted by molar-refractivity contribution is 6.18. The van der Waals surface area contributed by atoms with Crippen molar-refractivity contribution in [2.75, 3.05) is 39.6 Å². The number of benzene rings is 6. The minimum Gasteiger partial charge on any atom is -0.507 e. The number of aryl methyl sites for hydroxylation is 2. The number of amides is 2. The SMILES string of the molecule is Cc1ccc(C(CCN(C)C)(CNC(=O)N(CCCl)N=O)c2ccc(C)cc2)cc1.O=C(O)c1cc2ccccc2c(Cc2c(O)c(C(=O)O)cc3ccccc23)c1O. The van der Waals surface area contributed by atoms with Crippen LogP contribution in [0.25, 0.3) is 21.5 Å². The van der Waals surface area contributed by atoms with Crippen LogP contribution in [0.4, 0.5) is 4.79 Å². The zero-order valence-electron chi connectivity index (χ0n) is 33.3. The maximum absolute atomic E-state index is 12.6. The highest BCUT2D eigenvalue weighted by Gasteiger charge is 2.35. The zero-order valence-corrected chi connectivity index (χ0v) is 34.0. The van der Waals surface area contributed by atoms with Crippen LogP contribution in [0.3, 0.4) is 0 Å². The summed E-state index contributed by atoms with van der Waals surface area (Å²) in [6, 6.07) is 33.0. The number of carbonyl (C=O) groups excluding carboxylic acids is 1. The van der Waals surface area contributed by atoms with Gasteiger partial charge in [-0.3, -0.25) is 0 Å². The first-order valence-corrected chi connectivity index (χ1v) is 19.4. The van der Waals surface area contributed by atoms with E-state index < -0.39 is 34.9 Å². The zero-order chi connectivity index (χ0) is 42.9. The van der Waals surface area contributed by atoms with Crippen molar-refractivity contribution in [3.8, 4) is 11.5 Å². The van der Waals surface area contributed by atoms with Crippen molar-refractivity contribution >= 4 is 51.1 Å². The highest BCUT2D eigenvalue weighted by atomic mass is 35.5. The molecule has 6 aromatic rings. The van der Waals surface area contributed by atoms with E-state index in [4.69, 9.17) is 11.6 Å². The number of carboxylic acid groups (broad SMARTS) is 2. The Balaban J connectivity index is 0.000000224. The van der Waals surface area contributed by atoms with Crippen LogP contribution in [0.15, 0.2) is 114 Å². The fraction of sp³-hybridized carbons (Fsp3) is 0.239. The molecule has 0 spiro atoms. The summed E-state index contributed by atoms with van der Waals surface area (Å²) < 4.78 is 0. The van der Waals surface area contributed by atoms with Gasteiger partial charge in [-0.25, -0.2) is 14.4 Å². The van der Waals surface area contributed by atoms with Crippen LogP contribution in [0.2, 0.25) is 0 Å². The van der Waals surface area contributed by atoms with Crippen LogP contribution in [-0.4, -0.2) is 87.9 Å². The second kappa shape index (κ2) is 19.3. The van der Waals surface area contributed by atoms with Gasteiger partial charge < -0.3 is 30.6 Å². The van der Waals surface area contributed by atoms with Crippen LogP contribution < -0.4 is 5.32 Å². The molecule has 0 saturated carbocycles. The Hall–Kier alpha value is -6.50. The Morgan fingerprint density at radius 2 is 1.14 bits per heavy atom. The van der Waals surface area contributed by atoms with Crippen LogP contribution in [0.5, 0.6) is 11.5 Å². The molecule has 0 aromatic heterocycles. The fourth-order valence-electron chi connectivity index (χ4n) is 7.17. The Kier molecular flexibility index (Phi) is 14.3. The van der Waals surface area contributed by atoms with E-state index in [-0.39, 0.29) is 30.0 Å². The van der Waals surface area contributed by atoms with Crippen molar-refractivity contribution < 1.29 is 34.8 Å². The van der Waals surface area contributed by atoms with E-state index in [1.165, 1.54) is 23.3 Å². The number of nitrogens with zero attached hydrogens (tertiary/aromatic N) is 3. The van der Waals surface area contributed by atoms with Gasteiger partial charge in [-0.1, -0.05) is 108 Å². The van der Waals surface area contributed by atoms with Crippen LogP contribution in [-0.2, 0) is 11.8 Å². The molecule has 0 aliphatic carbocycles. The molecule has 0 fully saturated rings. The quantitative estimate of drug-likeness (QED) is 0.0408. The van der Waals surface area contributed by atoms with Crippen molar-refractivity contribution in [2.45, 2.75) is 32.1 Å². The number of aromatic hydroxyl groups is 2. The van der Waals surface area contributed by atoms with E-state index in [0.29, 0.717) is 39.2 Å². The number of carboxylic acids is 2. The number of halogens is 1. The average molecular weight is 819 g/mol. The molecule has 0 heterocycles. The largest absolute Gasteiger partial charge is 0.507 e. The number of urea groups is 1. The standard InChI is InChI=1S/C23H31ClN4O2.C23H16O6/c1-18-5-9-20(10-6-18)23(13-15-27(3)4,21-11-7-19(2)8-12-21)17-25-22(29)28(26-30)16-14-24;24-20-16(14-7-3-1-5-12(14)9-18(20)22(26)27)11-17-15-8-4-2-6-13(15)10-19(21(17)25)23(28)29/h5-12H,13-17H2,1-4H3,(H,25,29);1-10,24-25H,11H2,(H,26,27)(H,28,29). The van der Waals surface area contributed by atoms with Gasteiger partial charge in [-0.15, -0.1) is 16.5 Å². The topological polar surface area (TPSA) is 180 Å². The summed E-state index contributed by atoms with van der Waals surface area (Å²) in [5, 5.41) is 49.3. The summed E-state index contributed by atoms with van der Waals surface area (Å²) in [5.74, 6) is -3.22. The number of nitroso groups, excluding NO2 is 1. The number of hydrogen-bond donors (Lipinski definition) is 5. The number of nitrogens with one attached hydrogen (secondary N) is 1. The van der Waals surface area contributed by atoms with Crippen molar-refractivity contribution in [3.05, 3.63) is 159 Å². The number of aromatic carboxylic acids is 2. The van der Waals surface area contributed by atoms with Crippen LogP contribution >= 0.6 is 11.6 Å². The van der Waals surface area contributed by atoms with Gasteiger partial charge >= 0.3 is 18.0 Å². The molecule has 6 aromatic carbocycles. The van der Waals surface area contributed by atoms with Gasteiger partial charge in [0.15, 0.2) is 0 Å². The minimum absolute atomic E-state index is 0.0407. The van der Waals surface area contributed by atoms with Crippen molar-refractivity contribution in [3.63, 3.8) is 0 Å². The minimum atomic E-state index is -1.28. The normalized spacial score (nSPS) is 11.2. The number of rotatable bonds is 14. The van der Waals surface area contributed by atoms with Gasteiger partial charge in [0.1, 0.15) is 22.6 Å². The molecule has 0 unspecified atom stereocenters. The van der Waals surface area contributed by atoms with E-state index in [9.17, 15) is 39.7 Å². The molecule has 12 nitrogen and oxygen atoms in total. The molecule has 5 N–H and O–H groups in total. The second-order valence-corrected chi connectivity index (χ2v) is 15.0. The molecular weight excluding hydrogens is 772 g/mol. The number of phenols is 2. The third-order valence-electron chi connectivity index (χ3n) is 10.4. The Morgan fingerprint density at radius 1 is 0.695 bits per heavy atom. The maximum atomic E-state index is 12.6. The van der Waals surface area contributed by atoms with Gasteiger partial charge in [0, 0.05) is 35.4 Å². The van der Waals surface area contributed by atoms with E-state index in [2.05, 4.69) is 77.9 Å². The van der Waals surface area contributed by atoms with Gasteiger partial charge in [-0.05, 0) is 85.7 Å². The lowest BCUT2D eigenvalue weighted by Crippen LogP contribution is -2.47. The molecule has 2 amide bonds. The van der Waals surface area contributed by atoms with Crippen molar-refractivity contribution in [2.24, 2.45) is 5.29 Å². The monoisotopic (exact) mass is 818 g/mol. The third-order valence-corrected chi connectivity index (χ3v) is 10.6. The molecular formula is C46H47ClN4O8. The first-order chi connectivity index (χ1) is 28.2. The van der Waals surface area contributed by atoms with Crippen LogP contribution in [0, 0.1) is 18.8 Å². The molecule has 13 heteroatoms. The molecule has 0 radical (unpaired) electrons. The van der Waals surface area contributed by atoms with E-state index >= 15 is 0 Å². The number of hydrogen-bond acceptors (Lipinski definition) is 8. The lowest BCUT2D eigenvalue weighted by molar-refractivity contribution is 0.0682. The second-order valence-electron chi connectivity index (χ2n) is 14.7. The summed E-state index contributed by atoms with van der Waals surface area (Å²) in [7, 11) is 4.07. The third kappa shape index (κ3) is 9.97. The van der Waals surface area contributed by atoms with Crippen molar-refractivity contribution in [1.82, 2.24) is 15.2 Å². The fourth-order valence-corrected chi connectivity index (χ4v) is 7.33. The lowest BCUT2D eigenvalue weighted by atomic mass is 9.71. The Morgan fingerprint density at radius 3 is 1.53 bits per heavy atom. The van der Waals surface area contributed by atoms with Gasteiger partial charge in [0.05, 0.1) is 11.8 Å². The maximum Gasteiger partial charge on any atom is 0.340 e. The first kappa shape index (κ1) is 43.6. The van der Waals surface area contributed by atoms with E-state index in [1.807, 2.05) is 14.1 Å². The molecule has 0 saturated heterocycles. The average Bonchev–Trinajstić information content (AvgIpc) is 3.22.